The Kier molecular flexibility index (Phi) is 7.73. The van der Waals surface area contributed by atoms with Gasteiger partial charge < -0.3 is 4.90 Å². The van der Waals surface area contributed by atoms with Crippen LogP contribution in [0.2, 0.25) is 0 Å². The second kappa shape index (κ2) is 10.5. The van der Waals surface area contributed by atoms with Gasteiger partial charge in [-0.15, -0.1) is 0 Å². The average Bonchev–Trinajstić information content (AvgIpc) is 2.75. The van der Waals surface area contributed by atoms with E-state index in [2.05, 4.69) is 10.5 Å². The number of hydrogen-bond acceptors (Lipinski definition) is 4. The first-order valence-corrected chi connectivity index (χ1v) is 11.7. The molecular formula is C23H29N4O3S+. The molecule has 164 valence electrons. The molecule has 0 atom stereocenters. The Hall–Kier alpha value is -2.81. The van der Waals surface area contributed by atoms with Crippen LogP contribution in [0.25, 0.3) is 6.08 Å². The number of carbonyl (C=O) groups is 1. The lowest BCUT2D eigenvalue weighted by molar-refractivity contribution is -0.895. The first kappa shape index (κ1) is 22.9. The van der Waals surface area contributed by atoms with Gasteiger partial charge in [0, 0.05) is 0 Å². The van der Waals surface area contributed by atoms with Gasteiger partial charge in [0.05, 0.1) is 37.3 Å². The molecule has 1 aliphatic heterocycles. The number of quaternary nitrogens is 1. The number of benzene rings is 2. The maximum absolute atomic E-state index is 12.8. The van der Waals surface area contributed by atoms with Crippen molar-refractivity contribution in [2.75, 3.05) is 32.7 Å². The maximum Gasteiger partial charge on any atom is 0.295 e. The highest BCUT2D eigenvalue weighted by molar-refractivity contribution is 7.89. The molecule has 1 saturated heterocycles. The van der Waals surface area contributed by atoms with Crippen LogP contribution in [0, 0.1) is 6.92 Å². The Morgan fingerprint density at radius 2 is 1.74 bits per heavy atom. The molecule has 7 nitrogen and oxygen atoms in total. The van der Waals surface area contributed by atoms with Crippen LogP contribution >= 0.6 is 0 Å². The average molecular weight is 442 g/mol. The Labute approximate surface area is 184 Å². The highest BCUT2D eigenvalue weighted by Gasteiger charge is 2.31. The van der Waals surface area contributed by atoms with Crippen molar-refractivity contribution >= 4 is 28.2 Å². The van der Waals surface area contributed by atoms with Gasteiger partial charge in [0.2, 0.25) is 10.0 Å². The SMILES string of the molecule is C/C(C=NNC(=O)C[NH+]1CCN(S(=O)(=O)c2ccc(C)cc2)CC1)=C\c1ccccc1. The van der Waals surface area contributed by atoms with E-state index >= 15 is 0 Å². The normalized spacial score (nSPS) is 16.5. The van der Waals surface area contributed by atoms with Crippen LogP contribution < -0.4 is 10.3 Å². The summed E-state index contributed by atoms with van der Waals surface area (Å²) >= 11 is 0. The van der Waals surface area contributed by atoms with Gasteiger partial charge in [-0.1, -0.05) is 54.1 Å². The molecule has 0 bridgehead atoms. The lowest BCUT2D eigenvalue weighted by Gasteiger charge is -2.31. The molecule has 8 heteroatoms. The molecule has 2 aromatic carbocycles. The molecule has 0 radical (unpaired) electrons. The van der Waals surface area contributed by atoms with Crippen molar-refractivity contribution in [3.63, 3.8) is 0 Å². The number of aryl methyl sites for hydroxylation is 1. The molecule has 0 aliphatic carbocycles. The van der Waals surface area contributed by atoms with Crippen LogP contribution in [0.3, 0.4) is 0 Å². The van der Waals surface area contributed by atoms with E-state index < -0.39 is 10.0 Å². The summed E-state index contributed by atoms with van der Waals surface area (Å²) in [5.41, 5.74) is 5.57. The van der Waals surface area contributed by atoms with Crippen LogP contribution in [0.4, 0.5) is 0 Å². The van der Waals surface area contributed by atoms with Crippen LogP contribution in [-0.2, 0) is 14.8 Å². The molecule has 1 heterocycles. The molecular weight excluding hydrogens is 412 g/mol. The number of hydrazone groups is 1. The number of hydrogen-bond donors (Lipinski definition) is 2. The van der Waals surface area contributed by atoms with Gasteiger partial charge in [0.25, 0.3) is 5.91 Å². The molecule has 3 rings (SSSR count). The number of piperazine rings is 1. The monoisotopic (exact) mass is 441 g/mol. The van der Waals surface area contributed by atoms with Gasteiger partial charge in [-0.3, -0.25) is 4.79 Å². The first-order valence-electron chi connectivity index (χ1n) is 10.3. The fraction of sp³-hybridized carbons (Fsp3) is 0.304. The van der Waals surface area contributed by atoms with Gasteiger partial charge in [-0.25, -0.2) is 13.8 Å². The molecule has 1 aliphatic rings. The summed E-state index contributed by atoms with van der Waals surface area (Å²) < 4.78 is 27.0. The van der Waals surface area contributed by atoms with Crippen LogP contribution in [0.5, 0.6) is 0 Å². The summed E-state index contributed by atoms with van der Waals surface area (Å²) in [6.45, 7) is 6.04. The van der Waals surface area contributed by atoms with Crippen molar-refractivity contribution in [1.29, 1.82) is 0 Å². The molecule has 1 amide bonds. The topological polar surface area (TPSA) is 83.3 Å². The molecule has 2 aromatic rings. The summed E-state index contributed by atoms with van der Waals surface area (Å²) in [5.74, 6) is -0.186. The number of nitrogens with one attached hydrogen (secondary N) is 2. The highest BCUT2D eigenvalue weighted by atomic mass is 32.2. The molecule has 0 aromatic heterocycles. The predicted molar refractivity (Wildman–Crippen MR) is 122 cm³/mol. The molecule has 0 unspecified atom stereocenters. The standard InChI is InChI=1S/C23H28N4O3S/c1-19-8-10-22(11-9-19)31(29,30)27-14-12-26(13-15-27)18-23(28)25-24-17-20(2)16-21-6-4-3-5-7-21/h3-11,16-17H,12-15,18H2,1-2H3,(H,25,28)/p+1/b20-16+,24-17?. The summed E-state index contributed by atoms with van der Waals surface area (Å²) in [4.78, 5) is 13.5. The third kappa shape index (κ3) is 6.58. The van der Waals surface area contributed by atoms with Crippen molar-refractivity contribution < 1.29 is 18.1 Å². The Balaban J connectivity index is 1.45. The third-order valence-corrected chi connectivity index (χ3v) is 7.06. The van der Waals surface area contributed by atoms with Crippen molar-refractivity contribution in [3.8, 4) is 0 Å². The van der Waals surface area contributed by atoms with Crippen molar-refractivity contribution in [1.82, 2.24) is 9.73 Å². The minimum atomic E-state index is -3.49. The van der Waals surface area contributed by atoms with E-state index in [9.17, 15) is 13.2 Å². The molecule has 31 heavy (non-hydrogen) atoms. The van der Waals surface area contributed by atoms with Crippen molar-refractivity contribution in [2.24, 2.45) is 5.10 Å². The van der Waals surface area contributed by atoms with E-state index in [4.69, 9.17) is 0 Å². The minimum Gasteiger partial charge on any atom is -0.325 e. The molecule has 0 saturated carbocycles. The molecule has 2 N–H and O–H groups in total. The van der Waals surface area contributed by atoms with Crippen molar-refractivity contribution in [2.45, 2.75) is 18.7 Å². The van der Waals surface area contributed by atoms with E-state index in [-0.39, 0.29) is 12.5 Å². The van der Waals surface area contributed by atoms with Gasteiger partial charge in [-0.05, 0) is 37.1 Å². The van der Waals surface area contributed by atoms with Crippen molar-refractivity contribution in [3.05, 3.63) is 71.3 Å². The van der Waals surface area contributed by atoms with E-state index in [1.807, 2.05) is 50.3 Å². The number of carbonyl (C=O) groups excluding carboxylic acids is 1. The molecule has 1 fully saturated rings. The fourth-order valence-electron chi connectivity index (χ4n) is 3.40. The quantitative estimate of drug-likeness (QED) is 0.498. The van der Waals surface area contributed by atoms with E-state index in [0.29, 0.717) is 31.1 Å². The minimum absolute atomic E-state index is 0.186. The molecule has 0 spiro atoms. The van der Waals surface area contributed by atoms with E-state index in [1.54, 1.807) is 30.5 Å². The zero-order valence-corrected chi connectivity index (χ0v) is 18.7. The zero-order valence-electron chi connectivity index (χ0n) is 17.9. The Morgan fingerprint density at radius 3 is 2.39 bits per heavy atom. The summed E-state index contributed by atoms with van der Waals surface area (Å²) in [5, 5.41) is 4.02. The van der Waals surface area contributed by atoms with Gasteiger partial charge in [0.1, 0.15) is 0 Å². The third-order valence-electron chi connectivity index (χ3n) is 5.15. The number of allylic oxidation sites excluding steroid dienone is 1. The van der Waals surface area contributed by atoms with Gasteiger partial charge in [-0.2, -0.15) is 9.41 Å². The predicted octanol–water partition coefficient (Wildman–Crippen LogP) is 1.09. The summed E-state index contributed by atoms with van der Waals surface area (Å²) in [7, 11) is -3.49. The van der Waals surface area contributed by atoms with Crippen LogP contribution in [0.15, 0.2) is 70.2 Å². The number of nitrogens with zero attached hydrogens (tertiary/aromatic N) is 2. The first-order chi connectivity index (χ1) is 14.8. The summed E-state index contributed by atoms with van der Waals surface area (Å²) in [6.07, 6.45) is 3.60. The Morgan fingerprint density at radius 1 is 1.10 bits per heavy atom. The second-order valence-electron chi connectivity index (χ2n) is 7.74. The Bertz CT molecular complexity index is 1040. The number of sulfonamides is 1. The second-order valence-corrected chi connectivity index (χ2v) is 9.67. The number of amides is 1. The maximum atomic E-state index is 12.8. The zero-order chi connectivity index (χ0) is 22.3. The number of rotatable bonds is 7. The van der Waals surface area contributed by atoms with Gasteiger partial charge in [0.15, 0.2) is 6.54 Å². The lowest BCUT2D eigenvalue weighted by Crippen LogP contribution is -3.15. The van der Waals surface area contributed by atoms with E-state index in [0.717, 1.165) is 21.6 Å². The highest BCUT2D eigenvalue weighted by Crippen LogP contribution is 2.16. The van der Waals surface area contributed by atoms with Crippen LogP contribution in [-0.4, -0.2) is 57.6 Å². The van der Waals surface area contributed by atoms with E-state index in [1.165, 1.54) is 4.31 Å². The lowest BCUT2D eigenvalue weighted by atomic mass is 10.1. The van der Waals surface area contributed by atoms with Crippen LogP contribution in [0.1, 0.15) is 18.1 Å². The van der Waals surface area contributed by atoms with Gasteiger partial charge >= 0.3 is 0 Å². The summed E-state index contributed by atoms with van der Waals surface area (Å²) in [6, 6.07) is 16.8. The fourth-order valence-corrected chi connectivity index (χ4v) is 4.84. The smallest absolute Gasteiger partial charge is 0.295 e. The largest absolute Gasteiger partial charge is 0.325 e.